The average Bonchev–Trinajstić information content (AvgIpc) is 2.93. The Hall–Kier alpha value is -3.17. The fourth-order valence-corrected chi connectivity index (χ4v) is 3.52. The van der Waals surface area contributed by atoms with Crippen molar-refractivity contribution >= 4 is 18.0 Å². The van der Waals surface area contributed by atoms with Gasteiger partial charge in [0, 0.05) is 12.5 Å². The van der Waals surface area contributed by atoms with Gasteiger partial charge in [0.05, 0.1) is 65.5 Å². The molecular formula is C25H42N4O12. The van der Waals surface area contributed by atoms with Gasteiger partial charge in [0.15, 0.2) is 5.96 Å². The molecule has 0 aliphatic carbocycles. The predicted molar refractivity (Wildman–Crippen MR) is 144 cm³/mol. The van der Waals surface area contributed by atoms with E-state index in [0.29, 0.717) is 39.6 Å². The van der Waals surface area contributed by atoms with Crippen molar-refractivity contribution < 1.29 is 58.1 Å². The zero-order chi connectivity index (χ0) is 30.5. The number of amides is 1. The van der Waals surface area contributed by atoms with Crippen LogP contribution in [-0.4, -0.2) is 137 Å². The number of aliphatic hydroxyl groups is 2. The van der Waals surface area contributed by atoms with Crippen LogP contribution in [-0.2, 0) is 38.0 Å². The third-order valence-electron chi connectivity index (χ3n) is 5.49. The molecule has 0 radical (unpaired) electrons. The van der Waals surface area contributed by atoms with Crippen LogP contribution in [0.5, 0.6) is 0 Å². The van der Waals surface area contributed by atoms with E-state index in [0.717, 1.165) is 0 Å². The van der Waals surface area contributed by atoms with Gasteiger partial charge in [0.25, 0.3) is 0 Å². The molecule has 5 atom stereocenters. The minimum Gasteiger partial charge on any atom is -0.480 e. The highest BCUT2D eigenvalue weighted by molar-refractivity contribution is 5.85. The molecule has 0 aromatic rings. The summed E-state index contributed by atoms with van der Waals surface area (Å²) in [5, 5.41) is 31.7. The quantitative estimate of drug-likeness (QED) is 0.0340. The summed E-state index contributed by atoms with van der Waals surface area (Å²) in [7, 11) is 0. The fourth-order valence-electron chi connectivity index (χ4n) is 3.52. The van der Waals surface area contributed by atoms with E-state index >= 15 is 0 Å². The second kappa shape index (κ2) is 21.6. The Morgan fingerprint density at radius 3 is 2.24 bits per heavy atom. The molecule has 0 aromatic carbocycles. The molecule has 0 spiro atoms. The van der Waals surface area contributed by atoms with Gasteiger partial charge in [-0.2, -0.15) is 0 Å². The maximum absolute atomic E-state index is 11.9. The molecule has 0 unspecified atom stereocenters. The number of carbonyl (C=O) groups excluding carboxylic acids is 1. The van der Waals surface area contributed by atoms with E-state index in [1.807, 2.05) is 0 Å². The monoisotopic (exact) mass is 590 g/mol. The minimum absolute atomic E-state index is 0.184. The maximum Gasteiger partial charge on any atom is 0.407 e. The zero-order valence-electron chi connectivity index (χ0n) is 23.1. The summed E-state index contributed by atoms with van der Waals surface area (Å²) in [6.45, 7) is 3.64. The standard InChI is InChI=1S/C25H42N4O12/c1-3-5-35-7-9-37-11-12-38-10-8-36-6-4-28-25(34)40-14-13-39-22(19(31)16-30)21-17(2)18(29-24(26)27)15-20(41-21)23(32)33/h1,15,17-19,21-22,30-31H,4-14,16H2,2H3,(H,28,34)(H,32,33)(H4,26,27,29)/t17-,18+,19-,21-,22-/m1/s1. The number of carbonyl (C=O) groups is 2. The maximum atomic E-state index is 11.9. The van der Waals surface area contributed by atoms with E-state index in [2.05, 4.69) is 16.2 Å². The first-order valence-corrected chi connectivity index (χ1v) is 13.0. The number of hydrogen-bond donors (Lipinski definition) is 6. The number of aliphatic hydroxyl groups excluding tert-OH is 2. The van der Waals surface area contributed by atoms with Gasteiger partial charge < -0.3 is 65.3 Å². The first-order chi connectivity index (χ1) is 19.7. The molecule has 0 fully saturated rings. The van der Waals surface area contributed by atoms with Gasteiger partial charge in [0.1, 0.15) is 31.5 Å². The molecule has 1 aliphatic rings. The van der Waals surface area contributed by atoms with Gasteiger partial charge in [-0.15, -0.1) is 6.42 Å². The first-order valence-electron chi connectivity index (χ1n) is 13.0. The fraction of sp³-hybridized carbons (Fsp3) is 0.720. The van der Waals surface area contributed by atoms with Crippen LogP contribution in [0.4, 0.5) is 4.79 Å². The van der Waals surface area contributed by atoms with E-state index in [-0.39, 0.29) is 38.9 Å². The van der Waals surface area contributed by atoms with Crippen molar-refractivity contribution in [2.45, 2.75) is 31.3 Å². The highest BCUT2D eigenvalue weighted by atomic mass is 16.6. The van der Waals surface area contributed by atoms with Crippen molar-refractivity contribution in [1.29, 1.82) is 0 Å². The van der Waals surface area contributed by atoms with Crippen LogP contribution in [0.15, 0.2) is 16.8 Å². The van der Waals surface area contributed by atoms with E-state index in [4.69, 9.17) is 51.0 Å². The molecular weight excluding hydrogens is 548 g/mol. The Morgan fingerprint density at radius 1 is 1.07 bits per heavy atom. The number of guanidine groups is 1. The Bertz CT molecular complexity index is 862. The Morgan fingerprint density at radius 2 is 1.68 bits per heavy atom. The molecule has 1 amide bonds. The molecule has 1 rings (SSSR count). The normalized spacial score (nSPS) is 19.7. The molecule has 16 heteroatoms. The number of nitrogens with two attached hydrogens (primary N) is 2. The molecule has 234 valence electrons. The molecule has 1 heterocycles. The van der Waals surface area contributed by atoms with E-state index in [1.54, 1.807) is 6.92 Å². The molecule has 0 saturated carbocycles. The number of ether oxygens (including phenoxy) is 7. The smallest absolute Gasteiger partial charge is 0.407 e. The summed E-state index contributed by atoms with van der Waals surface area (Å²) in [6.07, 6.45) is 1.93. The number of carboxylic acid groups (broad SMARTS) is 1. The topological polar surface area (TPSA) is 236 Å². The highest BCUT2D eigenvalue weighted by Gasteiger charge is 2.42. The van der Waals surface area contributed by atoms with Crippen LogP contribution in [0.1, 0.15) is 6.92 Å². The summed E-state index contributed by atoms with van der Waals surface area (Å²) in [4.78, 5) is 27.4. The van der Waals surface area contributed by atoms with Crippen molar-refractivity contribution in [1.82, 2.24) is 5.32 Å². The van der Waals surface area contributed by atoms with Crippen LogP contribution in [0.25, 0.3) is 0 Å². The second-order valence-electron chi connectivity index (χ2n) is 8.56. The molecule has 0 bridgehead atoms. The van der Waals surface area contributed by atoms with Gasteiger partial charge in [-0.25, -0.2) is 14.6 Å². The van der Waals surface area contributed by atoms with Gasteiger partial charge in [0.2, 0.25) is 5.76 Å². The number of terminal acetylenes is 1. The van der Waals surface area contributed by atoms with Crippen molar-refractivity contribution in [2.75, 3.05) is 79.2 Å². The largest absolute Gasteiger partial charge is 0.480 e. The molecule has 0 aromatic heterocycles. The molecule has 16 nitrogen and oxygen atoms in total. The number of carboxylic acids is 1. The zero-order valence-corrected chi connectivity index (χ0v) is 23.1. The van der Waals surface area contributed by atoms with Crippen molar-refractivity contribution in [3.05, 3.63) is 11.8 Å². The lowest BCUT2D eigenvalue weighted by atomic mass is 9.87. The van der Waals surface area contributed by atoms with Gasteiger partial charge >= 0.3 is 12.1 Å². The first kappa shape index (κ1) is 35.9. The summed E-state index contributed by atoms with van der Waals surface area (Å²) < 4.78 is 37.2. The molecule has 0 saturated heterocycles. The molecule has 8 N–H and O–H groups in total. The van der Waals surface area contributed by atoms with Crippen LogP contribution in [0.3, 0.4) is 0 Å². The number of rotatable bonds is 22. The van der Waals surface area contributed by atoms with Crippen LogP contribution >= 0.6 is 0 Å². The van der Waals surface area contributed by atoms with E-state index in [9.17, 15) is 24.9 Å². The van der Waals surface area contributed by atoms with E-state index < -0.39 is 54.7 Å². The van der Waals surface area contributed by atoms with Gasteiger partial charge in [-0.05, 0) is 6.08 Å². The van der Waals surface area contributed by atoms with Crippen molar-refractivity contribution in [3.8, 4) is 12.3 Å². The van der Waals surface area contributed by atoms with Crippen LogP contribution in [0, 0.1) is 18.3 Å². The van der Waals surface area contributed by atoms with Gasteiger partial charge in [-0.3, -0.25) is 0 Å². The minimum atomic E-state index is -1.43. The number of hydrogen-bond acceptors (Lipinski definition) is 12. The lowest BCUT2D eigenvalue weighted by molar-refractivity contribution is -0.157. The summed E-state index contributed by atoms with van der Waals surface area (Å²) >= 11 is 0. The lowest BCUT2D eigenvalue weighted by Gasteiger charge is -2.38. The molecule has 41 heavy (non-hydrogen) atoms. The summed E-state index contributed by atoms with van der Waals surface area (Å²) in [6, 6.07) is -0.776. The van der Waals surface area contributed by atoms with Crippen LogP contribution in [0.2, 0.25) is 0 Å². The number of nitrogens with one attached hydrogen (secondary N) is 1. The Labute approximate surface area is 238 Å². The van der Waals surface area contributed by atoms with Gasteiger partial charge in [-0.1, -0.05) is 12.8 Å². The summed E-state index contributed by atoms with van der Waals surface area (Å²) in [5.41, 5.74) is 10.9. The molecule has 1 aliphatic heterocycles. The second-order valence-corrected chi connectivity index (χ2v) is 8.56. The van der Waals surface area contributed by atoms with Crippen molar-refractivity contribution in [3.63, 3.8) is 0 Å². The number of aliphatic carboxylic acids is 1. The summed E-state index contributed by atoms with van der Waals surface area (Å²) in [5.74, 6) is -0.241. The lowest BCUT2D eigenvalue weighted by Crippen LogP contribution is -2.51. The predicted octanol–water partition coefficient (Wildman–Crippen LogP) is -2.20. The van der Waals surface area contributed by atoms with Crippen molar-refractivity contribution in [2.24, 2.45) is 22.4 Å². The van der Waals surface area contributed by atoms with Crippen LogP contribution < -0.4 is 16.8 Å². The number of nitrogens with zero attached hydrogens (tertiary/aromatic N) is 1. The Balaban J connectivity index is 2.28. The third kappa shape index (κ3) is 15.4. The number of alkyl carbamates (subject to hydrolysis) is 1. The SMILES string of the molecule is C#CCOCCOCCOCCOCCNC(=O)OCCO[C@@H]([C@@H]1OC(C(=O)O)=C[C@H](N=C(N)N)[C@H]1C)[C@H](O)CO. The highest BCUT2D eigenvalue weighted by Crippen LogP contribution is 2.30. The average molecular weight is 591 g/mol. The third-order valence-corrected chi connectivity index (χ3v) is 5.49. The number of aliphatic imine (C=N–C) groups is 1. The Kier molecular flexibility index (Phi) is 18.9. The van der Waals surface area contributed by atoms with E-state index in [1.165, 1.54) is 6.08 Å².